The van der Waals surface area contributed by atoms with Crippen LogP contribution in [0.3, 0.4) is 0 Å². The summed E-state index contributed by atoms with van der Waals surface area (Å²) in [6.07, 6.45) is 2.23. The molecule has 0 amide bonds. The molecule has 2 heterocycles. The van der Waals surface area contributed by atoms with Crippen LogP contribution in [0.5, 0.6) is 5.75 Å². The SMILES string of the molecule is COC(=O)[C@]1(C)C(=O)C[C@H]2CC[C@H]1N2Cc1cccc(OC)c1. The molecule has 0 unspecified atom stereocenters. The van der Waals surface area contributed by atoms with E-state index in [1.807, 2.05) is 24.3 Å². The average molecular weight is 317 g/mol. The molecule has 1 aromatic carbocycles. The van der Waals surface area contributed by atoms with Gasteiger partial charge in [0, 0.05) is 25.0 Å². The van der Waals surface area contributed by atoms with E-state index in [-0.39, 0.29) is 17.9 Å². The van der Waals surface area contributed by atoms with Gasteiger partial charge in [-0.3, -0.25) is 14.5 Å². The van der Waals surface area contributed by atoms with Crippen LogP contribution in [0.1, 0.15) is 31.7 Å². The Labute approximate surface area is 136 Å². The molecule has 2 aliphatic rings. The highest BCUT2D eigenvalue weighted by Gasteiger charge is 2.58. The fourth-order valence-electron chi connectivity index (χ4n) is 4.07. The second kappa shape index (κ2) is 5.96. The molecule has 5 nitrogen and oxygen atoms in total. The third-order valence-electron chi connectivity index (χ3n) is 5.42. The number of hydrogen-bond acceptors (Lipinski definition) is 5. The van der Waals surface area contributed by atoms with Crippen LogP contribution in [0.4, 0.5) is 0 Å². The number of nitrogens with zero attached hydrogens (tertiary/aromatic N) is 1. The van der Waals surface area contributed by atoms with Crippen LogP contribution >= 0.6 is 0 Å². The van der Waals surface area contributed by atoms with Crippen LogP contribution in [0.2, 0.25) is 0 Å². The molecular weight excluding hydrogens is 294 g/mol. The van der Waals surface area contributed by atoms with E-state index < -0.39 is 11.4 Å². The summed E-state index contributed by atoms with van der Waals surface area (Å²) < 4.78 is 10.2. The summed E-state index contributed by atoms with van der Waals surface area (Å²) in [5.74, 6) is 0.417. The van der Waals surface area contributed by atoms with Crippen molar-refractivity contribution in [2.24, 2.45) is 5.41 Å². The lowest BCUT2D eigenvalue weighted by Crippen LogP contribution is -2.58. The van der Waals surface area contributed by atoms with Gasteiger partial charge in [-0.15, -0.1) is 0 Å². The monoisotopic (exact) mass is 317 g/mol. The summed E-state index contributed by atoms with van der Waals surface area (Å²) in [5, 5.41) is 0. The molecule has 0 saturated carbocycles. The van der Waals surface area contributed by atoms with Gasteiger partial charge in [0.15, 0.2) is 5.78 Å². The minimum absolute atomic E-state index is 0.0127. The van der Waals surface area contributed by atoms with Crippen LogP contribution in [0.25, 0.3) is 0 Å². The lowest BCUT2D eigenvalue weighted by molar-refractivity contribution is -0.165. The quantitative estimate of drug-likeness (QED) is 0.629. The zero-order valence-electron chi connectivity index (χ0n) is 13.9. The largest absolute Gasteiger partial charge is 0.497 e. The molecule has 0 radical (unpaired) electrons. The smallest absolute Gasteiger partial charge is 0.320 e. The van der Waals surface area contributed by atoms with E-state index in [1.54, 1.807) is 14.0 Å². The number of hydrogen-bond donors (Lipinski definition) is 0. The molecule has 23 heavy (non-hydrogen) atoms. The normalized spacial score (nSPS) is 30.3. The fourth-order valence-corrected chi connectivity index (χ4v) is 4.07. The molecular formula is C18H23NO4. The minimum atomic E-state index is -1.05. The molecule has 2 saturated heterocycles. The van der Waals surface area contributed by atoms with Gasteiger partial charge in [0.05, 0.1) is 14.2 Å². The van der Waals surface area contributed by atoms with Gasteiger partial charge in [-0.2, -0.15) is 0 Å². The summed E-state index contributed by atoms with van der Waals surface area (Å²) in [7, 11) is 3.00. The maximum atomic E-state index is 12.5. The van der Waals surface area contributed by atoms with Crippen LogP contribution < -0.4 is 4.74 Å². The molecule has 0 spiro atoms. The first-order valence-corrected chi connectivity index (χ1v) is 8.01. The summed E-state index contributed by atoms with van der Waals surface area (Å²) in [6, 6.07) is 8.06. The van der Waals surface area contributed by atoms with E-state index in [4.69, 9.17) is 9.47 Å². The maximum Gasteiger partial charge on any atom is 0.320 e. The van der Waals surface area contributed by atoms with Gasteiger partial charge in [-0.1, -0.05) is 12.1 Å². The van der Waals surface area contributed by atoms with E-state index in [9.17, 15) is 9.59 Å². The Bertz CT molecular complexity index is 629. The highest BCUT2D eigenvalue weighted by atomic mass is 16.5. The lowest BCUT2D eigenvalue weighted by atomic mass is 9.74. The standard InChI is InChI=1S/C18H23NO4/c1-18(17(21)23-3)15-8-7-13(10-16(18)20)19(15)11-12-5-4-6-14(9-12)22-2/h4-6,9,13,15H,7-8,10-11H2,1-3H3/t13-,15-,18+/m1/s1. The number of carbonyl (C=O) groups is 2. The number of fused-ring (bicyclic) bond motifs is 2. The number of rotatable bonds is 4. The molecule has 2 fully saturated rings. The molecule has 5 heteroatoms. The highest BCUT2D eigenvalue weighted by Crippen LogP contribution is 2.45. The number of carbonyl (C=O) groups excluding carboxylic acids is 2. The van der Waals surface area contributed by atoms with E-state index in [0.717, 1.165) is 24.2 Å². The summed E-state index contributed by atoms with van der Waals surface area (Å²) in [5.41, 5.74) is 0.0727. The van der Waals surface area contributed by atoms with Crippen molar-refractivity contribution in [3.05, 3.63) is 29.8 Å². The molecule has 0 aliphatic carbocycles. The van der Waals surface area contributed by atoms with E-state index in [0.29, 0.717) is 13.0 Å². The van der Waals surface area contributed by atoms with Crippen molar-refractivity contribution in [3.8, 4) is 5.75 Å². The molecule has 1 aromatic rings. The van der Waals surface area contributed by atoms with Crippen LogP contribution in [0, 0.1) is 5.41 Å². The first kappa shape index (κ1) is 16.0. The predicted octanol–water partition coefficient (Wildman–Crippen LogP) is 2.18. The molecule has 0 N–H and O–H groups in total. The number of ketones is 1. The molecule has 2 bridgehead atoms. The Morgan fingerprint density at radius 2 is 2.13 bits per heavy atom. The first-order chi connectivity index (χ1) is 11.0. The van der Waals surface area contributed by atoms with Gasteiger partial charge in [0.25, 0.3) is 0 Å². The third kappa shape index (κ3) is 2.53. The van der Waals surface area contributed by atoms with Gasteiger partial charge in [-0.25, -0.2) is 0 Å². The van der Waals surface area contributed by atoms with E-state index in [2.05, 4.69) is 4.90 Å². The molecule has 3 atom stereocenters. The number of methoxy groups -OCH3 is 2. The van der Waals surface area contributed by atoms with Gasteiger partial charge in [-0.05, 0) is 37.5 Å². The summed E-state index contributed by atoms with van der Waals surface area (Å²) in [6.45, 7) is 2.46. The minimum Gasteiger partial charge on any atom is -0.497 e. The topological polar surface area (TPSA) is 55.8 Å². The van der Waals surface area contributed by atoms with Crippen LogP contribution in [-0.4, -0.2) is 43.0 Å². The number of benzene rings is 1. The summed E-state index contributed by atoms with van der Waals surface area (Å²) >= 11 is 0. The zero-order valence-corrected chi connectivity index (χ0v) is 13.9. The van der Waals surface area contributed by atoms with Crippen molar-refractivity contribution in [2.75, 3.05) is 14.2 Å². The van der Waals surface area contributed by atoms with Crippen LogP contribution in [0.15, 0.2) is 24.3 Å². The van der Waals surface area contributed by atoms with Crippen molar-refractivity contribution in [1.29, 1.82) is 0 Å². The Balaban J connectivity index is 1.88. The maximum absolute atomic E-state index is 12.5. The van der Waals surface area contributed by atoms with Crippen molar-refractivity contribution in [1.82, 2.24) is 4.90 Å². The zero-order chi connectivity index (χ0) is 16.6. The van der Waals surface area contributed by atoms with E-state index in [1.165, 1.54) is 7.11 Å². The number of Topliss-reactive ketones (excluding diaryl/α,β-unsaturated/α-hetero) is 1. The average Bonchev–Trinajstić information content (AvgIpc) is 2.89. The molecule has 3 rings (SSSR count). The highest BCUT2D eigenvalue weighted by molar-refractivity contribution is 6.05. The van der Waals surface area contributed by atoms with Gasteiger partial charge >= 0.3 is 5.97 Å². The molecule has 2 aliphatic heterocycles. The van der Waals surface area contributed by atoms with Crippen molar-refractivity contribution in [2.45, 2.75) is 44.8 Å². The second-order valence-electron chi connectivity index (χ2n) is 6.59. The van der Waals surface area contributed by atoms with E-state index >= 15 is 0 Å². The van der Waals surface area contributed by atoms with Crippen molar-refractivity contribution >= 4 is 11.8 Å². The summed E-state index contributed by atoms with van der Waals surface area (Å²) in [4.78, 5) is 27.1. The van der Waals surface area contributed by atoms with Gasteiger partial charge < -0.3 is 9.47 Å². The molecule has 124 valence electrons. The van der Waals surface area contributed by atoms with Gasteiger partial charge in [0.2, 0.25) is 0 Å². The number of esters is 1. The fraction of sp³-hybridized carbons (Fsp3) is 0.556. The Hall–Kier alpha value is -1.88. The predicted molar refractivity (Wildman–Crippen MR) is 85.1 cm³/mol. The Kier molecular flexibility index (Phi) is 4.15. The number of piperidine rings is 1. The second-order valence-corrected chi connectivity index (χ2v) is 6.59. The molecule has 0 aromatic heterocycles. The van der Waals surface area contributed by atoms with Gasteiger partial charge in [0.1, 0.15) is 11.2 Å². The third-order valence-corrected chi connectivity index (χ3v) is 5.42. The number of ether oxygens (including phenoxy) is 2. The Morgan fingerprint density at radius 3 is 2.83 bits per heavy atom. The van der Waals surface area contributed by atoms with Crippen molar-refractivity contribution in [3.63, 3.8) is 0 Å². The van der Waals surface area contributed by atoms with Crippen LogP contribution in [-0.2, 0) is 20.9 Å². The Morgan fingerprint density at radius 1 is 1.35 bits per heavy atom. The van der Waals surface area contributed by atoms with Crippen molar-refractivity contribution < 1.29 is 19.1 Å². The lowest BCUT2D eigenvalue weighted by Gasteiger charge is -2.43. The first-order valence-electron chi connectivity index (χ1n) is 8.01.